The predicted octanol–water partition coefficient (Wildman–Crippen LogP) is 4.31. The van der Waals surface area contributed by atoms with Crippen molar-refractivity contribution in [2.45, 2.75) is 59.4 Å². The van der Waals surface area contributed by atoms with Crippen molar-refractivity contribution in [3.8, 4) is 0 Å². The first-order valence-corrected chi connectivity index (χ1v) is 8.19. The zero-order chi connectivity index (χ0) is 15.6. The molecule has 0 heterocycles. The Balaban J connectivity index is 2.05. The van der Waals surface area contributed by atoms with Crippen LogP contribution in [-0.4, -0.2) is 30.3 Å². The molecule has 2 atom stereocenters. The number of nitrogens with zero attached hydrogens (tertiary/aromatic N) is 1. The summed E-state index contributed by atoms with van der Waals surface area (Å²) < 4.78 is 0. The van der Waals surface area contributed by atoms with Gasteiger partial charge in [-0.05, 0) is 69.3 Å². The van der Waals surface area contributed by atoms with Gasteiger partial charge >= 0.3 is 0 Å². The third-order valence-electron chi connectivity index (χ3n) is 5.07. The van der Waals surface area contributed by atoms with Crippen molar-refractivity contribution in [2.24, 2.45) is 5.92 Å². The highest BCUT2D eigenvalue weighted by atomic mass is 16.1. The lowest BCUT2D eigenvalue weighted by molar-refractivity contribution is 0.0882. The molecule has 0 aliphatic heterocycles. The second-order valence-corrected chi connectivity index (χ2v) is 7.02. The van der Waals surface area contributed by atoms with Crippen LogP contribution < -0.4 is 0 Å². The Kier molecular flexibility index (Phi) is 5.21. The summed E-state index contributed by atoms with van der Waals surface area (Å²) in [7, 11) is 2.11. The van der Waals surface area contributed by atoms with Crippen molar-refractivity contribution in [2.75, 3.05) is 13.6 Å². The van der Waals surface area contributed by atoms with Crippen molar-refractivity contribution >= 4 is 5.78 Å². The van der Waals surface area contributed by atoms with E-state index in [9.17, 15) is 4.79 Å². The SMILES string of the molecule is Cc1cc(C)c(C(=O)CN(C)C2CCCC(C)C2)cc1C. The molecule has 1 aliphatic rings. The Hall–Kier alpha value is -1.15. The van der Waals surface area contributed by atoms with Gasteiger partial charge in [-0.1, -0.05) is 25.8 Å². The van der Waals surface area contributed by atoms with Gasteiger partial charge in [-0.25, -0.2) is 0 Å². The molecule has 0 N–H and O–H groups in total. The van der Waals surface area contributed by atoms with Gasteiger partial charge in [0.05, 0.1) is 6.54 Å². The summed E-state index contributed by atoms with van der Waals surface area (Å²) >= 11 is 0. The Morgan fingerprint density at radius 1 is 1.14 bits per heavy atom. The van der Waals surface area contributed by atoms with E-state index in [1.807, 2.05) is 6.92 Å². The molecule has 0 radical (unpaired) electrons. The van der Waals surface area contributed by atoms with E-state index in [0.29, 0.717) is 12.6 Å². The molecule has 1 aliphatic carbocycles. The molecule has 21 heavy (non-hydrogen) atoms. The summed E-state index contributed by atoms with van der Waals surface area (Å²) in [4.78, 5) is 14.9. The van der Waals surface area contributed by atoms with Gasteiger partial charge in [0.15, 0.2) is 5.78 Å². The fraction of sp³-hybridized carbons (Fsp3) is 0.632. The average Bonchev–Trinajstić information content (AvgIpc) is 2.42. The minimum absolute atomic E-state index is 0.260. The largest absolute Gasteiger partial charge is 0.296 e. The van der Waals surface area contributed by atoms with Crippen LogP contribution in [-0.2, 0) is 0 Å². The highest BCUT2D eigenvalue weighted by molar-refractivity contribution is 5.99. The molecule has 1 aromatic rings. The van der Waals surface area contributed by atoms with Crippen LogP contribution in [0.5, 0.6) is 0 Å². The van der Waals surface area contributed by atoms with E-state index in [0.717, 1.165) is 17.0 Å². The summed E-state index contributed by atoms with van der Waals surface area (Å²) in [6, 6.07) is 4.76. The molecule has 1 saturated carbocycles. The number of carbonyl (C=O) groups excluding carboxylic acids is 1. The van der Waals surface area contributed by atoms with Gasteiger partial charge in [-0.15, -0.1) is 0 Å². The lowest BCUT2D eigenvalue weighted by Crippen LogP contribution is -2.38. The number of hydrogen-bond donors (Lipinski definition) is 0. The van der Waals surface area contributed by atoms with Crippen molar-refractivity contribution < 1.29 is 4.79 Å². The quantitative estimate of drug-likeness (QED) is 0.769. The van der Waals surface area contributed by atoms with Crippen LogP contribution in [0.25, 0.3) is 0 Å². The van der Waals surface area contributed by atoms with Crippen LogP contribution in [0.3, 0.4) is 0 Å². The summed E-state index contributed by atoms with van der Waals surface area (Å²) in [5, 5.41) is 0. The first kappa shape index (κ1) is 16.2. The molecular weight excluding hydrogens is 258 g/mol. The fourth-order valence-electron chi connectivity index (χ4n) is 3.50. The Labute approximate surface area is 129 Å². The number of Topliss-reactive ketones (excluding diaryl/α,β-unsaturated/α-hetero) is 1. The molecule has 2 rings (SSSR count). The summed E-state index contributed by atoms with van der Waals surface area (Å²) in [6.07, 6.45) is 5.11. The fourth-order valence-corrected chi connectivity index (χ4v) is 3.50. The molecule has 0 aromatic heterocycles. The number of ketones is 1. The highest BCUT2D eigenvalue weighted by Gasteiger charge is 2.24. The molecule has 1 fully saturated rings. The number of carbonyl (C=O) groups is 1. The van der Waals surface area contributed by atoms with E-state index in [2.05, 4.69) is 44.9 Å². The topological polar surface area (TPSA) is 20.3 Å². The van der Waals surface area contributed by atoms with E-state index in [1.165, 1.54) is 36.8 Å². The molecule has 0 spiro atoms. The third-order valence-corrected chi connectivity index (χ3v) is 5.07. The van der Waals surface area contributed by atoms with E-state index in [4.69, 9.17) is 0 Å². The number of aryl methyl sites for hydroxylation is 3. The smallest absolute Gasteiger partial charge is 0.177 e. The number of benzene rings is 1. The van der Waals surface area contributed by atoms with E-state index >= 15 is 0 Å². The Morgan fingerprint density at radius 3 is 2.48 bits per heavy atom. The Bertz CT molecular complexity index is 521. The first-order chi connectivity index (χ1) is 9.88. The standard InChI is InChI=1S/C19H29NO/c1-13-7-6-8-17(9-13)20(5)12-19(21)18-11-15(3)14(2)10-16(18)4/h10-11,13,17H,6-9,12H2,1-5H3. The molecule has 0 amide bonds. The van der Waals surface area contributed by atoms with Crippen molar-refractivity contribution in [3.05, 3.63) is 34.4 Å². The number of likely N-dealkylation sites (N-methyl/N-ethyl adjacent to an activating group) is 1. The summed E-state index contributed by atoms with van der Waals surface area (Å²) in [5.41, 5.74) is 4.47. The minimum atomic E-state index is 0.260. The lowest BCUT2D eigenvalue weighted by atomic mass is 9.86. The van der Waals surface area contributed by atoms with E-state index in [-0.39, 0.29) is 5.78 Å². The summed E-state index contributed by atoms with van der Waals surface area (Å²) in [5.74, 6) is 1.06. The zero-order valence-corrected chi connectivity index (χ0v) is 14.2. The molecule has 2 unspecified atom stereocenters. The van der Waals surface area contributed by atoms with Gasteiger partial charge < -0.3 is 0 Å². The maximum absolute atomic E-state index is 12.6. The maximum atomic E-state index is 12.6. The normalized spacial score (nSPS) is 22.6. The molecule has 0 saturated heterocycles. The highest BCUT2D eigenvalue weighted by Crippen LogP contribution is 2.27. The number of rotatable bonds is 4. The molecule has 0 bridgehead atoms. The van der Waals surface area contributed by atoms with Crippen LogP contribution >= 0.6 is 0 Å². The third kappa shape index (κ3) is 3.94. The molecule has 2 heteroatoms. The van der Waals surface area contributed by atoms with Gasteiger partial charge in [0.1, 0.15) is 0 Å². The minimum Gasteiger partial charge on any atom is -0.296 e. The van der Waals surface area contributed by atoms with E-state index < -0.39 is 0 Å². The van der Waals surface area contributed by atoms with Crippen molar-refractivity contribution in [1.29, 1.82) is 0 Å². The average molecular weight is 287 g/mol. The maximum Gasteiger partial charge on any atom is 0.177 e. The molecule has 1 aromatic carbocycles. The Morgan fingerprint density at radius 2 is 1.81 bits per heavy atom. The van der Waals surface area contributed by atoms with Crippen LogP contribution in [0.2, 0.25) is 0 Å². The second-order valence-electron chi connectivity index (χ2n) is 7.02. The first-order valence-electron chi connectivity index (χ1n) is 8.19. The van der Waals surface area contributed by atoms with E-state index in [1.54, 1.807) is 0 Å². The molecule has 116 valence electrons. The van der Waals surface area contributed by atoms with Crippen molar-refractivity contribution in [3.63, 3.8) is 0 Å². The molecular formula is C19H29NO. The molecule has 2 nitrogen and oxygen atoms in total. The van der Waals surface area contributed by atoms with Gasteiger partial charge in [0, 0.05) is 11.6 Å². The van der Waals surface area contributed by atoms with Gasteiger partial charge in [0.2, 0.25) is 0 Å². The van der Waals surface area contributed by atoms with Crippen LogP contribution in [0.15, 0.2) is 12.1 Å². The lowest BCUT2D eigenvalue weighted by Gasteiger charge is -2.33. The monoisotopic (exact) mass is 287 g/mol. The van der Waals surface area contributed by atoms with Crippen molar-refractivity contribution in [1.82, 2.24) is 4.90 Å². The van der Waals surface area contributed by atoms with Gasteiger partial charge in [-0.3, -0.25) is 9.69 Å². The second kappa shape index (κ2) is 6.74. The summed E-state index contributed by atoms with van der Waals surface area (Å²) in [6.45, 7) is 9.10. The predicted molar refractivity (Wildman–Crippen MR) is 89.0 cm³/mol. The number of hydrogen-bond acceptors (Lipinski definition) is 2. The van der Waals surface area contributed by atoms with Gasteiger partial charge in [-0.2, -0.15) is 0 Å². The van der Waals surface area contributed by atoms with Crippen LogP contribution in [0, 0.1) is 26.7 Å². The zero-order valence-electron chi connectivity index (χ0n) is 14.2. The van der Waals surface area contributed by atoms with Gasteiger partial charge in [0.25, 0.3) is 0 Å². The van der Waals surface area contributed by atoms with Crippen LogP contribution in [0.4, 0.5) is 0 Å². The van der Waals surface area contributed by atoms with Crippen LogP contribution in [0.1, 0.15) is 59.7 Å².